The molecular formula is C26H31N9O7. The van der Waals surface area contributed by atoms with Crippen molar-refractivity contribution >= 4 is 46.3 Å². The lowest BCUT2D eigenvalue weighted by molar-refractivity contribution is -0.134. The van der Waals surface area contributed by atoms with Crippen LogP contribution in [-0.4, -0.2) is 80.3 Å². The summed E-state index contributed by atoms with van der Waals surface area (Å²) in [4.78, 5) is 85.7. The second kappa shape index (κ2) is 14.9. The van der Waals surface area contributed by atoms with Gasteiger partial charge in [0.05, 0.1) is 31.5 Å². The van der Waals surface area contributed by atoms with E-state index in [2.05, 4.69) is 41.2 Å². The highest BCUT2D eigenvalue weighted by Crippen LogP contribution is 2.11. The summed E-state index contributed by atoms with van der Waals surface area (Å²) in [6.45, 7) is 2.45. The molecule has 0 spiro atoms. The van der Waals surface area contributed by atoms with E-state index in [-0.39, 0.29) is 30.9 Å². The molecule has 16 nitrogen and oxygen atoms in total. The van der Waals surface area contributed by atoms with E-state index >= 15 is 0 Å². The van der Waals surface area contributed by atoms with Gasteiger partial charge in [-0.2, -0.15) is 4.98 Å². The Labute approximate surface area is 239 Å². The molecule has 2 heterocycles. The number of aliphatic hydroxyl groups is 1. The average molecular weight is 582 g/mol. The summed E-state index contributed by atoms with van der Waals surface area (Å²) in [5, 5.41) is 21.7. The van der Waals surface area contributed by atoms with Gasteiger partial charge in [-0.25, -0.2) is 9.97 Å². The SMILES string of the molecule is CC(=O)C(O)NC(=O)CNC(=O)CNC(=O)CCCNC(=O)c1ccc(NCc2cnc3[nH]c(C)nc(=O)c3n2)cc1. The fraction of sp³-hybridized carbons (Fsp3) is 0.346. The van der Waals surface area contributed by atoms with E-state index in [0.29, 0.717) is 35.7 Å². The Balaban J connectivity index is 1.32. The van der Waals surface area contributed by atoms with Crippen LogP contribution in [0.25, 0.3) is 11.2 Å². The molecule has 1 aromatic carbocycles. The van der Waals surface area contributed by atoms with Gasteiger partial charge in [-0.05, 0) is 44.5 Å². The summed E-state index contributed by atoms with van der Waals surface area (Å²) in [5.41, 5.74) is 1.74. The molecular weight excluding hydrogens is 550 g/mol. The number of nitrogens with zero attached hydrogens (tertiary/aromatic N) is 3. The topological polar surface area (TPSA) is 237 Å². The van der Waals surface area contributed by atoms with Crippen molar-refractivity contribution in [1.82, 2.24) is 41.2 Å². The zero-order valence-electron chi connectivity index (χ0n) is 22.9. The van der Waals surface area contributed by atoms with Crippen molar-refractivity contribution in [2.24, 2.45) is 0 Å². The summed E-state index contributed by atoms with van der Waals surface area (Å²) in [6.07, 6.45) is 0.288. The van der Waals surface area contributed by atoms with E-state index in [1.807, 2.05) is 5.32 Å². The Morgan fingerprint density at radius 2 is 1.64 bits per heavy atom. The lowest BCUT2D eigenvalue weighted by Gasteiger charge is -2.10. The number of hydrogen-bond acceptors (Lipinski definition) is 11. The minimum absolute atomic E-state index is 0.0565. The van der Waals surface area contributed by atoms with Crippen molar-refractivity contribution in [2.45, 2.75) is 39.5 Å². The first-order valence-electron chi connectivity index (χ1n) is 12.9. The number of benzene rings is 1. The van der Waals surface area contributed by atoms with Crippen LogP contribution in [0.3, 0.4) is 0 Å². The third-order valence-electron chi connectivity index (χ3n) is 5.66. The van der Waals surface area contributed by atoms with Crippen molar-refractivity contribution in [3.63, 3.8) is 0 Å². The maximum Gasteiger partial charge on any atom is 0.301 e. The van der Waals surface area contributed by atoms with E-state index in [9.17, 15) is 33.9 Å². The molecule has 0 aliphatic heterocycles. The number of Topliss-reactive ketones (excluding diaryl/α,β-unsaturated/α-hetero) is 1. The second-order valence-corrected chi connectivity index (χ2v) is 9.11. The van der Waals surface area contributed by atoms with Crippen molar-refractivity contribution in [1.29, 1.82) is 0 Å². The van der Waals surface area contributed by atoms with Crippen LogP contribution in [0.15, 0.2) is 35.3 Å². The zero-order chi connectivity index (χ0) is 30.6. The molecule has 0 bridgehead atoms. The Hall–Kier alpha value is -5.25. The molecule has 1 unspecified atom stereocenters. The van der Waals surface area contributed by atoms with Crippen LogP contribution < -0.4 is 32.1 Å². The lowest BCUT2D eigenvalue weighted by Crippen LogP contribution is -2.46. The fourth-order valence-corrected chi connectivity index (χ4v) is 3.45. The number of carbonyl (C=O) groups is 5. The third kappa shape index (κ3) is 9.74. The average Bonchev–Trinajstić information content (AvgIpc) is 2.96. The maximum absolute atomic E-state index is 12.4. The number of carbonyl (C=O) groups excluding carboxylic acids is 5. The Morgan fingerprint density at radius 1 is 0.952 bits per heavy atom. The van der Waals surface area contributed by atoms with E-state index in [1.165, 1.54) is 0 Å². The predicted octanol–water partition coefficient (Wildman–Crippen LogP) is -1.60. The molecule has 222 valence electrons. The van der Waals surface area contributed by atoms with Crippen molar-refractivity contribution < 1.29 is 29.1 Å². The van der Waals surface area contributed by atoms with E-state index in [0.717, 1.165) is 12.6 Å². The minimum Gasteiger partial charge on any atom is -0.379 e. The number of fused-ring (bicyclic) bond motifs is 1. The smallest absolute Gasteiger partial charge is 0.301 e. The van der Waals surface area contributed by atoms with Crippen LogP contribution in [0.2, 0.25) is 0 Å². The number of ketones is 1. The fourth-order valence-electron chi connectivity index (χ4n) is 3.45. The minimum atomic E-state index is -1.65. The highest BCUT2D eigenvalue weighted by Gasteiger charge is 2.14. The van der Waals surface area contributed by atoms with E-state index in [4.69, 9.17) is 0 Å². The van der Waals surface area contributed by atoms with Gasteiger partial charge in [-0.1, -0.05) is 0 Å². The highest BCUT2D eigenvalue weighted by molar-refractivity contribution is 5.94. The molecule has 0 saturated carbocycles. The number of rotatable bonds is 14. The summed E-state index contributed by atoms with van der Waals surface area (Å²) < 4.78 is 0. The summed E-state index contributed by atoms with van der Waals surface area (Å²) in [6, 6.07) is 6.70. The van der Waals surface area contributed by atoms with Crippen molar-refractivity contribution in [2.75, 3.05) is 25.0 Å². The van der Waals surface area contributed by atoms with E-state index in [1.54, 1.807) is 37.4 Å². The highest BCUT2D eigenvalue weighted by atomic mass is 16.3. The number of aliphatic hydroxyl groups excluding tert-OH is 1. The van der Waals surface area contributed by atoms with E-state index < -0.39 is 41.8 Å². The molecule has 2 aromatic heterocycles. The Bertz CT molecular complexity index is 1520. The molecule has 16 heteroatoms. The number of nitrogens with one attached hydrogen (secondary N) is 6. The van der Waals surface area contributed by atoms with Gasteiger partial charge in [0.15, 0.2) is 23.2 Å². The Morgan fingerprint density at radius 3 is 2.36 bits per heavy atom. The van der Waals surface area contributed by atoms with Crippen molar-refractivity contribution in [3.05, 3.63) is 57.9 Å². The normalized spacial score (nSPS) is 11.3. The summed E-state index contributed by atoms with van der Waals surface area (Å²) in [5.74, 6) is -2.33. The molecule has 3 rings (SSSR count). The number of H-pyrrole nitrogens is 1. The number of hydrogen-bond donors (Lipinski definition) is 7. The molecule has 4 amide bonds. The molecule has 0 fully saturated rings. The molecule has 42 heavy (non-hydrogen) atoms. The van der Waals surface area contributed by atoms with Crippen molar-refractivity contribution in [3.8, 4) is 0 Å². The number of aromatic amines is 1. The van der Waals surface area contributed by atoms with Crippen LogP contribution in [0.1, 0.15) is 41.6 Å². The third-order valence-corrected chi connectivity index (χ3v) is 5.66. The van der Waals surface area contributed by atoms with Crippen LogP contribution in [0, 0.1) is 6.92 Å². The number of anilines is 1. The van der Waals surface area contributed by atoms with Gasteiger partial charge in [-0.3, -0.25) is 28.8 Å². The summed E-state index contributed by atoms with van der Waals surface area (Å²) >= 11 is 0. The van der Waals surface area contributed by atoms with Gasteiger partial charge < -0.3 is 36.7 Å². The largest absolute Gasteiger partial charge is 0.379 e. The van der Waals surface area contributed by atoms with Crippen LogP contribution in [0.4, 0.5) is 5.69 Å². The van der Waals surface area contributed by atoms with Crippen LogP contribution in [-0.2, 0) is 25.7 Å². The van der Waals surface area contributed by atoms with Gasteiger partial charge in [0.25, 0.3) is 5.91 Å². The number of aromatic nitrogens is 4. The maximum atomic E-state index is 12.4. The molecule has 0 saturated heterocycles. The molecule has 0 aliphatic rings. The first kappa shape index (κ1) is 31.3. The standard InChI is InChI=1S/C26H31N9O7/c1-14(36)24(40)35-21(39)13-30-20(38)12-29-19(37)4-3-9-27-25(41)16-5-7-17(8-6-16)28-10-18-11-31-23-22(34-18)26(42)33-15(2)32-23/h5-8,11,24,28,40H,3-4,9-10,12-13H2,1-2H3,(H,27,41)(H,29,37)(H,30,38)(H,35,39)(H,31,32,33,42). The second-order valence-electron chi connectivity index (χ2n) is 9.11. The lowest BCUT2D eigenvalue weighted by atomic mass is 10.2. The zero-order valence-corrected chi connectivity index (χ0v) is 22.9. The molecule has 1 atom stereocenters. The van der Waals surface area contributed by atoms with Gasteiger partial charge in [-0.15, -0.1) is 0 Å². The predicted molar refractivity (Wildman–Crippen MR) is 149 cm³/mol. The summed E-state index contributed by atoms with van der Waals surface area (Å²) in [7, 11) is 0. The quantitative estimate of drug-likeness (QED) is 0.0845. The molecule has 3 aromatic rings. The first-order valence-corrected chi connectivity index (χ1v) is 12.9. The van der Waals surface area contributed by atoms with Crippen LogP contribution >= 0.6 is 0 Å². The first-order chi connectivity index (χ1) is 20.0. The van der Waals surface area contributed by atoms with Gasteiger partial charge in [0.1, 0.15) is 5.82 Å². The molecule has 0 aliphatic carbocycles. The van der Waals surface area contributed by atoms with Gasteiger partial charge in [0.2, 0.25) is 17.7 Å². The number of aryl methyl sites for hydroxylation is 1. The molecule has 7 N–H and O–H groups in total. The monoisotopic (exact) mass is 581 g/mol. The van der Waals surface area contributed by atoms with Crippen LogP contribution in [0.5, 0.6) is 0 Å². The van der Waals surface area contributed by atoms with Gasteiger partial charge >= 0.3 is 5.56 Å². The van der Waals surface area contributed by atoms with Gasteiger partial charge in [0, 0.05) is 24.2 Å². The Kier molecular flexibility index (Phi) is 11.1. The molecule has 0 radical (unpaired) electrons. The number of amides is 4.